The molecule has 0 aromatic heterocycles. The van der Waals surface area contributed by atoms with E-state index in [-0.39, 0.29) is 12.1 Å². The first kappa shape index (κ1) is 15.5. The van der Waals surface area contributed by atoms with Gasteiger partial charge in [-0.2, -0.15) is 13.2 Å². The largest absolute Gasteiger partial charge is 0.422 e. The zero-order valence-corrected chi connectivity index (χ0v) is 11.3. The molecule has 0 saturated carbocycles. The van der Waals surface area contributed by atoms with Crippen molar-refractivity contribution in [3.05, 3.63) is 71.8 Å². The topological polar surface area (TPSA) is 32.3 Å². The van der Waals surface area contributed by atoms with Crippen molar-refractivity contribution in [1.29, 1.82) is 0 Å². The van der Waals surface area contributed by atoms with Crippen LogP contribution in [-0.4, -0.2) is 17.8 Å². The number of benzene rings is 2. The molecule has 0 radical (unpaired) electrons. The van der Waals surface area contributed by atoms with E-state index in [1.54, 1.807) is 6.07 Å². The van der Waals surface area contributed by atoms with Gasteiger partial charge >= 0.3 is 6.18 Å². The molecule has 2 rings (SSSR count). The van der Waals surface area contributed by atoms with Gasteiger partial charge < -0.3 is 10.4 Å². The number of rotatable bonds is 5. The molecule has 21 heavy (non-hydrogen) atoms. The van der Waals surface area contributed by atoms with Gasteiger partial charge in [-0.25, -0.2) is 0 Å². The molecule has 0 fully saturated rings. The Morgan fingerprint density at radius 3 is 1.90 bits per heavy atom. The second-order valence-electron chi connectivity index (χ2n) is 4.81. The molecule has 0 bridgehead atoms. The molecule has 5 heteroatoms. The molecular weight excluding hydrogens is 279 g/mol. The van der Waals surface area contributed by atoms with E-state index in [0.29, 0.717) is 0 Å². The summed E-state index contributed by atoms with van der Waals surface area (Å²) in [5, 5.41) is 12.8. The van der Waals surface area contributed by atoms with Crippen molar-refractivity contribution in [2.45, 2.75) is 18.3 Å². The van der Waals surface area contributed by atoms with Crippen molar-refractivity contribution in [3.63, 3.8) is 0 Å². The van der Waals surface area contributed by atoms with Gasteiger partial charge in [-0.1, -0.05) is 60.7 Å². The normalized spacial score (nSPS) is 14.7. The third kappa shape index (κ3) is 3.62. The standard InChI is InChI=1S/C16H16F3NO/c17-16(18,19)15(21,14-9-5-2-6-10-14)12-20-11-13-7-3-1-4-8-13/h1-10,20-21H,11-12H2/t15-/m1/s1. The van der Waals surface area contributed by atoms with Gasteiger partial charge in [0.1, 0.15) is 0 Å². The lowest BCUT2D eigenvalue weighted by Crippen LogP contribution is -2.49. The van der Waals surface area contributed by atoms with Gasteiger partial charge in [0.15, 0.2) is 5.60 Å². The molecule has 0 aliphatic heterocycles. The maximum absolute atomic E-state index is 13.2. The van der Waals surface area contributed by atoms with Crippen LogP contribution in [0.3, 0.4) is 0 Å². The van der Waals surface area contributed by atoms with E-state index in [1.807, 2.05) is 30.3 Å². The first-order chi connectivity index (χ1) is 9.93. The summed E-state index contributed by atoms with van der Waals surface area (Å²) < 4.78 is 39.7. The van der Waals surface area contributed by atoms with Gasteiger partial charge in [0.2, 0.25) is 0 Å². The highest BCUT2D eigenvalue weighted by molar-refractivity contribution is 5.25. The summed E-state index contributed by atoms with van der Waals surface area (Å²) in [7, 11) is 0. The Hall–Kier alpha value is -1.85. The number of halogens is 3. The molecule has 1 atom stereocenters. The smallest absolute Gasteiger partial charge is 0.375 e. The average Bonchev–Trinajstić information content (AvgIpc) is 2.48. The van der Waals surface area contributed by atoms with Crippen LogP contribution in [-0.2, 0) is 12.1 Å². The molecule has 0 unspecified atom stereocenters. The fourth-order valence-electron chi connectivity index (χ4n) is 2.06. The van der Waals surface area contributed by atoms with Crippen molar-refractivity contribution < 1.29 is 18.3 Å². The van der Waals surface area contributed by atoms with Crippen molar-refractivity contribution in [3.8, 4) is 0 Å². The fraction of sp³-hybridized carbons (Fsp3) is 0.250. The van der Waals surface area contributed by atoms with Crippen LogP contribution in [0.25, 0.3) is 0 Å². The van der Waals surface area contributed by atoms with Crippen LogP contribution < -0.4 is 5.32 Å². The minimum Gasteiger partial charge on any atom is -0.375 e. The zero-order chi connectivity index (χ0) is 15.3. The number of aliphatic hydroxyl groups is 1. The number of nitrogens with one attached hydrogen (secondary N) is 1. The molecule has 0 aliphatic carbocycles. The molecule has 2 aromatic rings. The van der Waals surface area contributed by atoms with E-state index in [2.05, 4.69) is 5.32 Å². The minimum absolute atomic E-state index is 0.168. The first-order valence-electron chi connectivity index (χ1n) is 6.53. The van der Waals surface area contributed by atoms with Crippen LogP contribution in [0.15, 0.2) is 60.7 Å². The van der Waals surface area contributed by atoms with Crippen LogP contribution in [0.4, 0.5) is 13.2 Å². The van der Waals surface area contributed by atoms with Gasteiger partial charge in [-0.3, -0.25) is 0 Å². The summed E-state index contributed by atoms with van der Waals surface area (Å²) in [5.74, 6) is 0. The quantitative estimate of drug-likeness (QED) is 0.887. The summed E-state index contributed by atoms with van der Waals surface area (Å²) in [6, 6.07) is 16.2. The van der Waals surface area contributed by atoms with E-state index in [1.165, 1.54) is 24.3 Å². The van der Waals surface area contributed by atoms with Crippen molar-refractivity contribution in [2.75, 3.05) is 6.54 Å². The molecule has 0 saturated heterocycles. The molecule has 0 heterocycles. The molecular formula is C16H16F3NO. The van der Waals surface area contributed by atoms with Crippen LogP contribution >= 0.6 is 0 Å². The average molecular weight is 295 g/mol. The zero-order valence-electron chi connectivity index (χ0n) is 11.3. The maximum Gasteiger partial charge on any atom is 0.422 e. The Morgan fingerprint density at radius 2 is 1.38 bits per heavy atom. The molecule has 0 amide bonds. The summed E-state index contributed by atoms with van der Waals surface area (Å²) in [6.07, 6.45) is -4.75. The molecule has 2 aromatic carbocycles. The molecule has 0 spiro atoms. The Labute approximate surface area is 121 Å². The predicted octanol–water partition coefficient (Wildman–Crippen LogP) is 3.23. The Morgan fingerprint density at radius 1 is 0.857 bits per heavy atom. The number of alkyl halides is 3. The molecule has 2 nitrogen and oxygen atoms in total. The molecule has 0 aliphatic rings. The predicted molar refractivity (Wildman–Crippen MR) is 74.5 cm³/mol. The van der Waals surface area contributed by atoms with E-state index in [9.17, 15) is 18.3 Å². The Balaban J connectivity index is 2.11. The first-order valence-corrected chi connectivity index (χ1v) is 6.53. The van der Waals surface area contributed by atoms with Crippen molar-refractivity contribution in [1.82, 2.24) is 5.32 Å². The van der Waals surface area contributed by atoms with Crippen molar-refractivity contribution >= 4 is 0 Å². The van der Waals surface area contributed by atoms with Gasteiger partial charge in [0, 0.05) is 13.1 Å². The van der Waals surface area contributed by atoms with E-state index >= 15 is 0 Å². The van der Waals surface area contributed by atoms with Crippen LogP contribution in [0.5, 0.6) is 0 Å². The van der Waals surface area contributed by atoms with Crippen LogP contribution in [0, 0.1) is 0 Å². The third-order valence-electron chi connectivity index (χ3n) is 3.27. The number of hydrogen-bond acceptors (Lipinski definition) is 2. The lowest BCUT2D eigenvalue weighted by Gasteiger charge is -2.31. The molecule has 112 valence electrons. The van der Waals surface area contributed by atoms with Gasteiger partial charge in [-0.05, 0) is 11.1 Å². The van der Waals surface area contributed by atoms with Gasteiger partial charge in [-0.15, -0.1) is 0 Å². The van der Waals surface area contributed by atoms with Gasteiger partial charge in [0.05, 0.1) is 0 Å². The molecule has 2 N–H and O–H groups in total. The summed E-state index contributed by atoms with van der Waals surface area (Å²) in [5.41, 5.74) is -2.21. The van der Waals surface area contributed by atoms with E-state index < -0.39 is 18.3 Å². The third-order valence-corrected chi connectivity index (χ3v) is 3.27. The second-order valence-corrected chi connectivity index (χ2v) is 4.81. The summed E-state index contributed by atoms with van der Waals surface area (Å²) in [4.78, 5) is 0. The monoisotopic (exact) mass is 295 g/mol. The van der Waals surface area contributed by atoms with Crippen LogP contribution in [0.1, 0.15) is 11.1 Å². The Kier molecular flexibility index (Phi) is 4.65. The highest BCUT2D eigenvalue weighted by Gasteiger charge is 2.54. The highest BCUT2D eigenvalue weighted by Crippen LogP contribution is 2.38. The minimum atomic E-state index is -4.75. The van der Waals surface area contributed by atoms with Gasteiger partial charge in [0.25, 0.3) is 0 Å². The van der Waals surface area contributed by atoms with E-state index in [4.69, 9.17) is 0 Å². The lowest BCUT2D eigenvalue weighted by atomic mass is 9.93. The van der Waals surface area contributed by atoms with Crippen LogP contribution in [0.2, 0.25) is 0 Å². The summed E-state index contributed by atoms with van der Waals surface area (Å²) >= 11 is 0. The SMILES string of the molecule is O[C@](CNCc1ccccc1)(c1ccccc1)C(F)(F)F. The lowest BCUT2D eigenvalue weighted by molar-refractivity contribution is -0.264. The van der Waals surface area contributed by atoms with E-state index in [0.717, 1.165) is 5.56 Å². The highest BCUT2D eigenvalue weighted by atomic mass is 19.4. The number of hydrogen-bond donors (Lipinski definition) is 2. The van der Waals surface area contributed by atoms with Crippen molar-refractivity contribution in [2.24, 2.45) is 0 Å². The fourth-order valence-corrected chi connectivity index (χ4v) is 2.06. The Bertz CT molecular complexity index is 557. The summed E-state index contributed by atoms with van der Waals surface area (Å²) in [6.45, 7) is -0.346. The second kappa shape index (κ2) is 6.28. The maximum atomic E-state index is 13.2.